The predicted molar refractivity (Wildman–Crippen MR) is 72.8 cm³/mol. The number of benzene rings is 1. The summed E-state index contributed by atoms with van der Waals surface area (Å²) in [5.74, 6) is 0. The lowest BCUT2D eigenvalue weighted by molar-refractivity contribution is 0.466. The van der Waals surface area contributed by atoms with E-state index in [9.17, 15) is 8.42 Å². The van der Waals surface area contributed by atoms with Crippen LogP contribution in [0.1, 0.15) is 11.1 Å². The van der Waals surface area contributed by atoms with Crippen LogP contribution in [0.2, 0.25) is 0 Å². The van der Waals surface area contributed by atoms with Gasteiger partial charge < -0.3 is 5.73 Å². The summed E-state index contributed by atoms with van der Waals surface area (Å²) < 4.78 is 26.2. The predicted octanol–water partition coefficient (Wildman–Crippen LogP) is 1.12. The third-order valence-electron chi connectivity index (χ3n) is 2.86. The second-order valence-corrected chi connectivity index (χ2v) is 6.41. The first-order valence-corrected chi connectivity index (χ1v) is 7.15. The molecule has 0 unspecified atom stereocenters. The van der Waals surface area contributed by atoms with E-state index in [1.165, 1.54) is 17.4 Å². The van der Waals surface area contributed by atoms with Gasteiger partial charge in [-0.15, -0.1) is 0 Å². The fourth-order valence-corrected chi connectivity index (χ4v) is 3.18. The van der Waals surface area contributed by atoms with Crippen LogP contribution in [-0.4, -0.2) is 30.0 Å². The Morgan fingerprint density at radius 3 is 2.79 bits per heavy atom. The highest BCUT2D eigenvalue weighted by Crippen LogP contribution is 2.22. The molecule has 0 fully saturated rings. The molecular weight excluding hydrogens is 264 g/mol. The Kier molecular flexibility index (Phi) is 3.59. The maximum absolute atomic E-state index is 12.5. The third kappa shape index (κ3) is 2.77. The van der Waals surface area contributed by atoms with Crippen molar-refractivity contribution < 1.29 is 8.42 Å². The summed E-state index contributed by atoms with van der Waals surface area (Å²) >= 11 is 0. The quantitative estimate of drug-likeness (QED) is 0.821. The van der Waals surface area contributed by atoms with Gasteiger partial charge in [-0.1, -0.05) is 6.07 Å². The highest BCUT2D eigenvalue weighted by molar-refractivity contribution is 7.89. The highest BCUT2D eigenvalue weighted by atomic mass is 32.2. The second kappa shape index (κ2) is 5.02. The number of aromatic nitrogens is 2. The number of H-pyrrole nitrogens is 1. The summed E-state index contributed by atoms with van der Waals surface area (Å²) in [5, 5.41) is 6.45. The molecule has 0 aliphatic carbocycles. The molecule has 1 aromatic carbocycles. The number of anilines is 1. The van der Waals surface area contributed by atoms with Crippen LogP contribution in [0, 0.1) is 6.92 Å². The first-order valence-electron chi connectivity index (χ1n) is 5.71. The molecule has 0 bridgehead atoms. The van der Waals surface area contributed by atoms with Crippen molar-refractivity contribution in [1.82, 2.24) is 14.5 Å². The third-order valence-corrected chi connectivity index (χ3v) is 4.81. The summed E-state index contributed by atoms with van der Waals surface area (Å²) in [7, 11) is -2.02. The number of nitrogens with one attached hydrogen (secondary N) is 1. The van der Waals surface area contributed by atoms with Crippen molar-refractivity contribution in [2.45, 2.75) is 18.4 Å². The van der Waals surface area contributed by atoms with Crippen LogP contribution in [0.3, 0.4) is 0 Å². The molecule has 0 spiro atoms. The van der Waals surface area contributed by atoms with E-state index in [-0.39, 0.29) is 11.4 Å². The van der Waals surface area contributed by atoms with Gasteiger partial charge in [-0.2, -0.15) is 9.40 Å². The van der Waals surface area contributed by atoms with E-state index in [1.807, 2.05) is 0 Å². The van der Waals surface area contributed by atoms with Crippen molar-refractivity contribution in [3.8, 4) is 0 Å². The smallest absolute Gasteiger partial charge is 0.243 e. The van der Waals surface area contributed by atoms with E-state index < -0.39 is 10.0 Å². The minimum Gasteiger partial charge on any atom is -0.399 e. The van der Waals surface area contributed by atoms with Crippen LogP contribution >= 0.6 is 0 Å². The maximum atomic E-state index is 12.5. The molecule has 0 amide bonds. The van der Waals surface area contributed by atoms with Gasteiger partial charge in [0.15, 0.2) is 0 Å². The Bertz CT molecular complexity index is 665. The summed E-state index contributed by atoms with van der Waals surface area (Å²) in [4.78, 5) is 0.235. The van der Waals surface area contributed by atoms with Crippen LogP contribution in [0.4, 0.5) is 5.69 Å². The molecule has 1 aromatic heterocycles. The lowest BCUT2D eigenvalue weighted by Gasteiger charge is -2.18. The van der Waals surface area contributed by atoms with Crippen molar-refractivity contribution >= 4 is 15.7 Å². The number of nitrogens with zero attached hydrogens (tertiary/aromatic N) is 2. The fourth-order valence-electron chi connectivity index (χ4n) is 1.77. The van der Waals surface area contributed by atoms with E-state index in [1.54, 1.807) is 31.5 Å². The molecule has 0 saturated heterocycles. The van der Waals surface area contributed by atoms with Gasteiger partial charge in [0.05, 0.1) is 11.1 Å². The molecule has 1 heterocycles. The topological polar surface area (TPSA) is 92.1 Å². The number of rotatable bonds is 4. The maximum Gasteiger partial charge on any atom is 0.243 e. The number of hydrogen-bond donors (Lipinski definition) is 2. The number of nitrogens with two attached hydrogens (primary N) is 1. The molecule has 102 valence electrons. The number of aromatic amines is 1. The zero-order chi connectivity index (χ0) is 14.0. The second-order valence-electron chi connectivity index (χ2n) is 4.39. The van der Waals surface area contributed by atoms with Gasteiger partial charge in [-0.3, -0.25) is 5.10 Å². The Labute approximate surface area is 112 Å². The molecule has 0 saturated carbocycles. The zero-order valence-electron chi connectivity index (χ0n) is 10.8. The number of nitrogen functional groups attached to an aromatic ring is 1. The van der Waals surface area contributed by atoms with Gasteiger partial charge in [0.25, 0.3) is 0 Å². The molecule has 3 N–H and O–H groups in total. The first kappa shape index (κ1) is 13.6. The van der Waals surface area contributed by atoms with Gasteiger partial charge in [0.1, 0.15) is 0 Å². The number of sulfonamides is 1. The molecule has 0 radical (unpaired) electrons. The SMILES string of the molecule is Cc1ccc(N)cc1S(=O)(=O)N(C)Cc1cn[nH]c1. The van der Waals surface area contributed by atoms with Gasteiger partial charge in [0.2, 0.25) is 10.0 Å². The number of aryl methyl sites for hydroxylation is 1. The molecule has 2 aromatic rings. The summed E-state index contributed by atoms with van der Waals surface area (Å²) in [6.07, 6.45) is 3.26. The van der Waals surface area contributed by atoms with Crippen LogP contribution in [-0.2, 0) is 16.6 Å². The van der Waals surface area contributed by atoms with E-state index in [0.717, 1.165) is 5.56 Å². The Morgan fingerprint density at radius 1 is 1.42 bits per heavy atom. The molecule has 2 rings (SSSR count). The van der Waals surface area contributed by atoms with Crippen molar-refractivity contribution in [3.05, 3.63) is 41.7 Å². The van der Waals surface area contributed by atoms with E-state index in [2.05, 4.69) is 10.2 Å². The monoisotopic (exact) mass is 280 g/mol. The van der Waals surface area contributed by atoms with Gasteiger partial charge in [-0.05, 0) is 24.6 Å². The summed E-state index contributed by atoms with van der Waals surface area (Å²) in [6.45, 7) is 2.01. The van der Waals surface area contributed by atoms with Gasteiger partial charge >= 0.3 is 0 Å². The van der Waals surface area contributed by atoms with Crippen molar-refractivity contribution in [3.63, 3.8) is 0 Å². The van der Waals surface area contributed by atoms with E-state index in [0.29, 0.717) is 11.3 Å². The molecule has 0 aliphatic heterocycles. The fraction of sp³-hybridized carbons (Fsp3) is 0.250. The molecule has 0 aliphatic rings. The van der Waals surface area contributed by atoms with Gasteiger partial charge in [0, 0.05) is 31.0 Å². The molecular formula is C12H16N4O2S. The molecule has 6 nitrogen and oxygen atoms in total. The van der Waals surface area contributed by atoms with Crippen molar-refractivity contribution in [1.29, 1.82) is 0 Å². The number of hydrogen-bond acceptors (Lipinski definition) is 4. The lowest BCUT2D eigenvalue weighted by Crippen LogP contribution is -2.27. The van der Waals surface area contributed by atoms with Crippen molar-refractivity contribution in [2.75, 3.05) is 12.8 Å². The van der Waals surface area contributed by atoms with Crippen LogP contribution in [0.15, 0.2) is 35.5 Å². The lowest BCUT2D eigenvalue weighted by atomic mass is 10.2. The molecule has 0 atom stereocenters. The van der Waals surface area contributed by atoms with E-state index in [4.69, 9.17) is 5.73 Å². The minimum atomic E-state index is -3.56. The largest absolute Gasteiger partial charge is 0.399 e. The molecule has 7 heteroatoms. The standard InChI is InChI=1S/C12H16N4O2S/c1-9-3-4-11(13)5-12(9)19(17,18)16(2)8-10-6-14-15-7-10/h3-7H,8,13H2,1-2H3,(H,14,15). The average molecular weight is 280 g/mol. The van der Waals surface area contributed by atoms with Crippen LogP contribution in [0.25, 0.3) is 0 Å². The molecule has 19 heavy (non-hydrogen) atoms. The van der Waals surface area contributed by atoms with Crippen LogP contribution in [0.5, 0.6) is 0 Å². The van der Waals surface area contributed by atoms with Crippen LogP contribution < -0.4 is 5.73 Å². The Balaban J connectivity index is 2.33. The minimum absolute atomic E-state index is 0.235. The Morgan fingerprint density at radius 2 is 2.16 bits per heavy atom. The van der Waals surface area contributed by atoms with Gasteiger partial charge in [-0.25, -0.2) is 8.42 Å². The normalized spacial score (nSPS) is 11.9. The first-order chi connectivity index (χ1) is 8.91. The summed E-state index contributed by atoms with van der Waals surface area (Å²) in [5.41, 5.74) is 7.57. The van der Waals surface area contributed by atoms with E-state index >= 15 is 0 Å². The zero-order valence-corrected chi connectivity index (χ0v) is 11.6. The van der Waals surface area contributed by atoms with Crippen molar-refractivity contribution in [2.24, 2.45) is 0 Å². The highest BCUT2D eigenvalue weighted by Gasteiger charge is 2.23. The average Bonchev–Trinajstić information content (AvgIpc) is 2.85. The Hall–Kier alpha value is -1.86. The summed E-state index contributed by atoms with van der Waals surface area (Å²) in [6, 6.07) is 4.87.